The fraction of sp³-hybridized carbons (Fsp3) is 0.143. The van der Waals surface area contributed by atoms with Crippen molar-refractivity contribution in [3.05, 3.63) is 47.8 Å². The Hall–Kier alpha value is -2.58. The molecule has 0 atom stereocenters. The molecule has 0 aliphatic rings. The van der Waals surface area contributed by atoms with Crippen LogP contribution in [0.4, 0.5) is 5.69 Å². The molecular weight excluding hydrogens is 240 g/mol. The van der Waals surface area contributed by atoms with E-state index >= 15 is 0 Å². The number of nitrogens with one attached hydrogen (secondary N) is 1. The zero-order chi connectivity index (χ0) is 13.7. The van der Waals surface area contributed by atoms with Crippen LogP contribution in [0.5, 0.6) is 0 Å². The molecule has 1 aromatic carbocycles. The van der Waals surface area contributed by atoms with Crippen LogP contribution in [0.1, 0.15) is 15.9 Å². The van der Waals surface area contributed by atoms with Crippen LogP contribution in [-0.2, 0) is 7.05 Å². The van der Waals surface area contributed by atoms with Crippen LogP contribution >= 0.6 is 0 Å². The first-order valence-electron chi connectivity index (χ1n) is 5.78. The second kappa shape index (κ2) is 5.85. The molecule has 0 bridgehead atoms. The smallest absolute Gasteiger partial charge is 0.258 e. The summed E-state index contributed by atoms with van der Waals surface area (Å²) < 4.78 is 1.58. The van der Waals surface area contributed by atoms with Gasteiger partial charge in [-0.1, -0.05) is 17.9 Å². The normalized spacial score (nSPS) is 9.58. The van der Waals surface area contributed by atoms with E-state index in [-0.39, 0.29) is 5.91 Å². The highest BCUT2D eigenvalue weighted by Crippen LogP contribution is 2.11. The SMILES string of the molecule is Cn1cc(C(=O)Nc2cccc(C#CCN)c2)cn1. The molecule has 3 N–H and O–H groups in total. The maximum absolute atomic E-state index is 11.9. The summed E-state index contributed by atoms with van der Waals surface area (Å²) in [5, 5.41) is 6.75. The van der Waals surface area contributed by atoms with Crippen molar-refractivity contribution in [1.82, 2.24) is 9.78 Å². The molecule has 19 heavy (non-hydrogen) atoms. The van der Waals surface area contributed by atoms with Crippen LogP contribution in [0.25, 0.3) is 0 Å². The molecule has 0 saturated heterocycles. The average Bonchev–Trinajstić information content (AvgIpc) is 2.83. The maximum atomic E-state index is 11.9. The lowest BCUT2D eigenvalue weighted by molar-refractivity contribution is 0.102. The summed E-state index contributed by atoms with van der Waals surface area (Å²) in [7, 11) is 1.76. The van der Waals surface area contributed by atoms with Crippen molar-refractivity contribution in [2.45, 2.75) is 0 Å². The van der Waals surface area contributed by atoms with Gasteiger partial charge >= 0.3 is 0 Å². The molecule has 0 fully saturated rings. The van der Waals surface area contributed by atoms with E-state index in [0.29, 0.717) is 17.8 Å². The average molecular weight is 254 g/mol. The molecule has 96 valence electrons. The molecule has 5 nitrogen and oxygen atoms in total. The number of anilines is 1. The molecule has 1 aromatic heterocycles. The van der Waals surface area contributed by atoms with E-state index in [1.54, 1.807) is 24.0 Å². The Kier molecular flexibility index (Phi) is 3.96. The maximum Gasteiger partial charge on any atom is 0.258 e. The predicted molar refractivity (Wildman–Crippen MR) is 73.5 cm³/mol. The Morgan fingerprint density at radius 2 is 2.37 bits per heavy atom. The van der Waals surface area contributed by atoms with E-state index in [4.69, 9.17) is 5.73 Å². The summed E-state index contributed by atoms with van der Waals surface area (Å²) >= 11 is 0. The van der Waals surface area contributed by atoms with Crippen molar-refractivity contribution in [2.24, 2.45) is 12.8 Å². The largest absolute Gasteiger partial charge is 0.322 e. The molecule has 2 aromatic rings. The Labute approximate surface area is 111 Å². The number of amides is 1. The van der Waals surface area contributed by atoms with Crippen LogP contribution in [0, 0.1) is 11.8 Å². The van der Waals surface area contributed by atoms with E-state index < -0.39 is 0 Å². The summed E-state index contributed by atoms with van der Waals surface area (Å²) in [6, 6.07) is 7.31. The summed E-state index contributed by atoms with van der Waals surface area (Å²) in [6.07, 6.45) is 3.18. The minimum absolute atomic E-state index is 0.197. The predicted octanol–water partition coefficient (Wildman–Crippen LogP) is 0.983. The van der Waals surface area contributed by atoms with Crippen LogP contribution < -0.4 is 11.1 Å². The fourth-order valence-electron chi connectivity index (χ4n) is 1.57. The number of carbonyl (C=O) groups is 1. The van der Waals surface area contributed by atoms with Crippen molar-refractivity contribution in [3.63, 3.8) is 0 Å². The minimum atomic E-state index is -0.197. The van der Waals surface area contributed by atoms with Crippen molar-refractivity contribution in [1.29, 1.82) is 0 Å². The number of nitrogens with two attached hydrogens (primary N) is 1. The zero-order valence-electron chi connectivity index (χ0n) is 10.6. The summed E-state index contributed by atoms with van der Waals surface area (Å²) in [5.41, 5.74) is 7.34. The number of rotatable bonds is 2. The second-order valence-electron chi connectivity index (χ2n) is 3.94. The van der Waals surface area contributed by atoms with Crippen molar-refractivity contribution >= 4 is 11.6 Å². The third kappa shape index (κ3) is 3.44. The quantitative estimate of drug-likeness (QED) is 0.785. The van der Waals surface area contributed by atoms with Gasteiger partial charge in [-0.15, -0.1) is 0 Å². The lowest BCUT2D eigenvalue weighted by atomic mass is 10.2. The number of carbonyl (C=O) groups excluding carboxylic acids is 1. The molecule has 0 saturated carbocycles. The van der Waals surface area contributed by atoms with Crippen LogP contribution in [0.3, 0.4) is 0 Å². The van der Waals surface area contributed by atoms with E-state index in [0.717, 1.165) is 5.56 Å². The van der Waals surface area contributed by atoms with Gasteiger partial charge in [0.2, 0.25) is 0 Å². The van der Waals surface area contributed by atoms with Crippen molar-refractivity contribution in [2.75, 3.05) is 11.9 Å². The molecule has 0 aliphatic carbocycles. The van der Waals surface area contributed by atoms with Gasteiger partial charge in [-0.05, 0) is 18.2 Å². The number of benzene rings is 1. The molecule has 0 unspecified atom stereocenters. The van der Waals surface area contributed by atoms with E-state index in [1.165, 1.54) is 6.20 Å². The van der Waals surface area contributed by atoms with Gasteiger partial charge in [-0.25, -0.2) is 0 Å². The van der Waals surface area contributed by atoms with Gasteiger partial charge < -0.3 is 11.1 Å². The Morgan fingerprint density at radius 3 is 3.05 bits per heavy atom. The Bertz CT molecular complexity index is 649. The fourth-order valence-corrected chi connectivity index (χ4v) is 1.57. The highest BCUT2D eigenvalue weighted by Gasteiger charge is 2.07. The van der Waals surface area contributed by atoms with Gasteiger partial charge in [0, 0.05) is 24.5 Å². The van der Waals surface area contributed by atoms with Crippen molar-refractivity contribution < 1.29 is 4.79 Å². The second-order valence-corrected chi connectivity index (χ2v) is 3.94. The van der Waals surface area contributed by atoms with E-state index in [9.17, 15) is 4.79 Å². The summed E-state index contributed by atoms with van der Waals surface area (Å²) in [6.45, 7) is 0.312. The number of aryl methyl sites for hydroxylation is 1. The Morgan fingerprint density at radius 1 is 1.53 bits per heavy atom. The molecule has 5 heteroatoms. The van der Waals surface area contributed by atoms with Crippen LogP contribution in [0.15, 0.2) is 36.7 Å². The zero-order valence-corrected chi connectivity index (χ0v) is 10.6. The molecule has 0 aliphatic heterocycles. The highest BCUT2D eigenvalue weighted by molar-refractivity contribution is 6.03. The van der Waals surface area contributed by atoms with E-state index in [2.05, 4.69) is 22.3 Å². The molecular formula is C14H14N4O. The molecule has 0 spiro atoms. The lowest BCUT2D eigenvalue weighted by Crippen LogP contribution is -2.11. The minimum Gasteiger partial charge on any atom is -0.322 e. The first-order chi connectivity index (χ1) is 9.19. The molecule has 2 rings (SSSR count). The monoisotopic (exact) mass is 254 g/mol. The van der Waals surface area contributed by atoms with Crippen LogP contribution in [0.2, 0.25) is 0 Å². The van der Waals surface area contributed by atoms with Gasteiger partial charge in [0.05, 0.1) is 18.3 Å². The summed E-state index contributed by atoms with van der Waals surface area (Å²) in [5.74, 6) is 5.49. The number of nitrogens with zero attached hydrogens (tertiary/aromatic N) is 2. The number of aromatic nitrogens is 2. The third-order valence-corrected chi connectivity index (χ3v) is 2.42. The third-order valence-electron chi connectivity index (χ3n) is 2.42. The van der Waals surface area contributed by atoms with Gasteiger partial charge in [0.1, 0.15) is 0 Å². The molecule has 1 heterocycles. The topological polar surface area (TPSA) is 72.9 Å². The first kappa shape index (κ1) is 12.9. The first-order valence-corrected chi connectivity index (χ1v) is 5.78. The molecule has 1 amide bonds. The van der Waals surface area contributed by atoms with Gasteiger partial charge in [-0.3, -0.25) is 9.48 Å². The number of hydrogen-bond donors (Lipinski definition) is 2. The van der Waals surface area contributed by atoms with Gasteiger partial charge in [-0.2, -0.15) is 5.10 Å². The molecule has 0 radical (unpaired) electrons. The highest BCUT2D eigenvalue weighted by atomic mass is 16.1. The van der Waals surface area contributed by atoms with E-state index in [1.807, 2.05) is 18.2 Å². The standard InChI is InChI=1S/C14H14N4O/c1-18-10-12(9-16-18)14(19)17-13-6-2-4-11(8-13)5-3-7-15/h2,4,6,8-10H,7,15H2,1H3,(H,17,19). The lowest BCUT2D eigenvalue weighted by Gasteiger charge is -2.03. The van der Waals surface area contributed by atoms with Gasteiger partial charge in [0.15, 0.2) is 0 Å². The summed E-state index contributed by atoms with van der Waals surface area (Å²) in [4.78, 5) is 11.9. The van der Waals surface area contributed by atoms with Crippen LogP contribution in [-0.4, -0.2) is 22.2 Å². The van der Waals surface area contributed by atoms with Crippen molar-refractivity contribution in [3.8, 4) is 11.8 Å². The Balaban J connectivity index is 2.13. The van der Waals surface area contributed by atoms with Gasteiger partial charge in [0.25, 0.3) is 5.91 Å². The number of hydrogen-bond acceptors (Lipinski definition) is 3.